The summed E-state index contributed by atoms with van der Waals surface area (Å²) in [6.45, 7) is 4.48. The first kappa shape index (κ1) is 23.9. The Morgan fingerprint density at radius 2 is 1.82 bits per heavy atom. The van der Waals surface area contributed by atoms with Crippen molar-refractivity contribution in [2.24, 2.45) is 4.99 Å². The topological polar surface area (TPSA) is 59.9 Å². The van der Waals surface area contributed by atoms with E-state index in [9.17, 15) is 9.18 Å². The molecule has 3 aromatic carbocycles. The molecule has 4 rings (SSSR count). The Kier molecular flexibility index (Phi) is 7.55. The lowest BCUT2D eigenvalue weighted by atomic mass is 10.1. The number of carbonyl (C=O) groups excluding carboxylic acids is 1. The van der Waals surface area contributed by atoms with Crippen molar-refractivity contribution in [2.75, 3.05) is 6.61 Å². The summed E-state index contributed by atoms with van der Waals surface area (Å²) in [7, 11) is 0. The van der Waals surface area contributed by atoms with Gasteiger partial charge in [0.1, 0.15) is 12.4 Å². The van der Waals surface area contributed by atoms with Crippen LogP contribution in [0.2, 0.25) is 5.02 Å². The van der Waals surface area contributed by atoms with Crippen molar-refractivity contribution in [3.05, 3.63) is 93.1 Å². The molecule has 3 aromatic rings. The zero-order valence-electron chi connectivity index (χ0n) is 18.6. The number of halogens is 2. The molecule has 1 heterocycles. The number of amides is 1. The molecule has 5 nitrogen and oxygen atoms in total. The second-order valence-corrected chi connectivity index (χ2v) is 8.93. The highest BCUT2D eigenvalue weighted by Crippen LogP contribution is 2.39. The number of aliphatic imine (C=N–C) groups is 1. The standard InChI is InChI=1S/C26H22ClFN2O3S/c1-3-32-22-13-18(12-21(27)24(22)33-15-17-6-8-19(28)9-7-17)14-23-25(31)30-26(34-23)29-20-10-4-16(2)5-11-20/h4-14H,3,15H2,1-2H3,(H,29,30,31)/b23-14+. The number of aryl methyl sites for hydroxylation is 1. The van der Waals surface area contributed by atoms with Crippen LogP contribution in [0.1, 0.15) is 23.6 Å². The number of ether oxygens (including phenoxy) is 2. The molecule has 0 unspecified atom stereocenters. The van der Waals surface area contributed by atoms with Crippen LogP contribution in [0.3, 0.4) is 0 Å². The number of hydrogen-bond donors (Lipinski definition) is 1. The van der Waals surface area contributed by atoms with Gasteiger partial charge in [0.25, 0.3) is 5.91 Å². The van der Waals surface area contributed by atoms with Crippen LogP contribution in [0.25, 0.3) is 6.08 Å². The average molecular weight is 497 g/mol. The highest BCUT2D eigenvalue weighted by Gasteiger charge is 2.24. The van der Waals surface area contributed by atoms with Gasteiger partial charge in [-0.1, -0.05) is 41.4 Å². The molecule has 34 heavy (non-hydrogen) atoms. The quantitative estimate of drug-likeness (QED) is 0.372. The van der Waals surface area contributed by atoms with Crippen LogP contribution in [-0.4, -0.2) is 17.7 Å². The summed E-state index contributed by atoms with van der Waals surface area (Å²) < 4.78 is 24.8. The maximum Gasteiger partial charge on any atom is 0.264 e. The van der Waals surface area contributed by atoms with E-state index in [0.717, 1.165) is 16.8 Å². The van der Waals surface area contributed by atoms with E-state index in [1.807, 2.05) is 38.1 Å². The molecule has 0 radical (unpaired) electrons. The lowest BCUT2D eigenvalue weighted by molar-refractivity contribution is -0.115. The van der Waals surface area contributed by atoms with Gasteiger partial charge in [-0.05, 0) is 79.2 Å². The number of benzene rings is 3. The Hall–Kier alpha value is -3.29. The minimum Gasteiger partial charge on any atom is -0.490 e. The van der Waals surface area contributed by atoms with E-state index in [0.29, 0.717) is 38.8 Å². The van der Waals surface area contributed by atoms with Gasteiger partial charge in [-0.25, -0.2) is 9.38 Å². The number of thioether (sulfide) groups is 1. The third kappa shape index (κ3) is 5.98. The van der Waals surface area contributed by atoms with Crippen LogP contribution >= 0.6 is 23.4 Å². The number of nitrogens with one attached hydrogen (secondary N) is 1. The molecule has 0 aromatic heterocycles. The fourth-order valence-corrected chi connectivity index (χ4v) is 4.29. The predicted octanol–water partition coefficient (Wildman–Crippen LogP) is 6.66. The van der Waals surface area contributed by atoms with E-state index in [-0.39, 0.29) is 18.3 Å². The Bertz CT molecular complexity index is 1260. The maximum atomic E-state index is 13.1. The Labute approximate surface area is 206 Å². The van der Waals surface area contributed by atoms with Crippen LogP contribution in [0.15, 0.2) is 70.6 Å². The van der Waals surface area contributed by atoms with E-state index in [1.165, 1.54) is 23.9 Å². The molecule has 0 atom stereocenters. The predicted molar refractivity (Wildman–Crippen MR) is 135 cm³/mol. The number of hydrogen-bond acceptors (Lipinski definition) is 5. The van der Waals surface area contributed by atoms with Gasteiger partial charge in [0, 0.05) is 0 Å². The number of amidine groups is 1. The van der Waals surface area contributed by atoms with E-state index in [2.05, 4.69) is 10.3 Å². The van der Waals surface area contributed by atoms with Crippen molar-refractivity contribution in [1.29, 1.82) is 0 Å². The van der Waals surface area contributed by atoms with Gasteiger partial charge >= 0.3 is 0 Å². The molecule has 0 aliphatic carbocycles. The summed E-state index contributed by atoms with van der Waals surface area (Å²) in [4.78, 5) is 17.5. The highest BCUT2D eigenvalue weighted by atomic mass is 35.5. The molecule has 1 saturated heterocycles. The molecular formula is C26H22ClFN2O3S. The highest BCUT2D eigenvalue weighted by molar-refractivity contribution is 8.18. The van der Waals surface area contributed by atoms with Crippen molar-refractivity contribution in [3.63, 3.8) is 0 Å². The Morgan fingerprint density at radius 3 is 2.53 bits per heavy atom. The van der Waals surface area contributed by atoms with Crippen LogP contribution < -0.4 is 14.8 Å². The van der Waals surface area contributed by atoms with E-state index in [1.54, 1.807) is 30.3 Å². The normalized spacial score (nSPS) is 15.6. The van der Waals surface area contributed by atoms with Crippen molar-refractivity contribution < 1.29 is 18.7 Å². The number of carbonyl (C=O) groups is 1. The first-order chi connectivity index (χ1) is 16.4. The molecule has 1 fully saturated rings. The lowest BCUT2D eigenvalue weighted by Crippen LogP contribution is -2.19. The molecule has 0 saturated carbocycles. The van der Waals surface area contributed by atoms with Crippen LogP contribution in [0, 0.1) is 12.7 Å². The summed E-state index contributed by atoms with van der Waals surface area (Å²) >= 11 is 7.76. The molecule has 1 aliphatic rings. The largest absolute Gasteiger partial charge is 0.490 e. The molecule has 0 bridgehead atoms. The summed E-state index contributed by atoms with van der Waals surface area (Å²) in [5.74, 6) is 0.303. The molecule has 8 heteroatoms. The zero-order valence-corrected chi connectivity index (χ0v) is 20.2. The molecule has 0 spiro atoms. The molecule has 1 amide bonds. The third-order valence-corrected chi connectivity index (χ3v) is 6.03. The first-order valence-electron chi connectivity index (χ1n) is 10.6. The second-order valence-electron chi connectivity index (χ2n) is 7.50. The summed E-state index contributed by atoms with van der Waals surface area (Å²) in [5.41, 5.74) is 3.39. The molecule has 1 aliphatic heterocycles. The van der Waals surface area contributed by atoms with E-state index < -0.39 is 0 Å². The van der Waals surface area contributed by atoms with Crippen LogP contribution in [-0.2, 0) is 11.4 Å². The van der Waals surface area contributed by atoms with Crippen molar-refractivity contribution in [3.8, 4) is 11.5 Å². The van der Waals surface area contributed by atoms with Gasteiger partial charge in [-0.3, -0.25) is 4.79 Å². The summed E-state index contributed by atoms with van der Waals surface area (Å²) in [6.07, 6.45) is 1.73. The van der Waals surface area contributed by atoms with Gasteiger partial charge in [-0.2, -0.15) is 0 Å². The minimum atomic E-state index is -0.310. The van der Waals surface area contributed by atoms with Gasteiger partial charge in [0.15, 0.2) is 16.7 Å². The Balaban J connectivity index is 1.54. The van der Waals surface area contributed by atoms with Crippen molar-refractivity contribution in [2.45, 2.75) is 20.5 Å². The van der Waals surface area contributed by atoms with Crippen molar-refractivity contribution >= 4 is 46.2 Å². The second kappa shape index (κ2) is 10.8. The van der Waals surface area contributed by atoms with Gasteiger partial charge < -0.3 is 14.8 Å². The smallest absolute Gasteiger partial charge is 0.264 e. The SMILES string of the molecule is CCOc1cc(/C=C2/SC(=Nc3ccc(C)cc3)NC2=O)cc(Cl)c1OCc1ccc(F)cc1. The monoisotopic (exact) mass is 496 g/mol. The molecule has 174 valence electrons. The summed E-state index contributed by atoms with van der Waals surface area (Å²) in [5, 5.41) is 3.64. The molecular weight excluding hydrogens is 475 g/mol. The van der Waals surface area contributed by atoms with E-state index in [4.69, 9.17) is 21.1 Å². The zero-order chi connectivity index (χ0) is 24.1. The van der Waals surface area contributed by atoms with Gasteiger partial charge in [0.2, 0.25) is 0 Å². The first-order valence-corrected chi connectivity index (χ1v) is 11.8. The third-order valence-electron chi connectivity index (χ3n) is 4.84. The van der Waals surface area contributed by atoms with Crippen LogP contribution in [0.4, 0.5) is 10.1 Å². The summed E-state index contributed by atoms with van der Waals surface area (Å²) in [6, 6.07) is 17.3. The maximum absolute atomic E-state index is 13.1. The fourth-order valence-electron chi connectivity index (χ4n) is 3.18. The van der Waals surface area contributed by atoms with Gasteiger partial charge in [-0.15, -0.1) is 0 Å². The minimum absolute atomic E-state index is 0.206. The Morgan fingerprint density at radius 1 is 1.09 bits per heavy atom. The lowest BCUT2D eigenvalue weighted by Gasteiger charge is -2.14. The van der Waals surface area contributed by atoms with Gasteiger partial charge in [0.05, 0.1) is 22.2 Å². The van der Waals surface area contributed by atoms with Crippen LogP contribution in [0.5, 0.6) is 11.5 Å². The van der Waals surface area contributed by atoms with E-state index >= 15 is 0 Å². The average Bonchev–Trinajstić information content (AvgIpc) is 3.14. The molecule has 1 N–H and O–H groups in total. The van der Waals surface area contributed by atoms with Crippen molar-refractivity contribution in [1.82, 2.24) is 5.32 Å². The number of rotatable bonds is 7. The fraction of sp³-hybridized carbons (Fsp3) is 0.154. The number of nitrogens with zero attached hydrogens (tertiary/aromatic N) is 1.